The van der Waals surface area contributed by atoms with Crippen LogP contribution in [0.3, 0.4) is 0 Å². The van der Waals surface area contributed by atoms with Crippen LogP contribution in [0.4, 0.5) is 0 Å². The number of nitrogens with one attached hydrogen (secondary N) is 3. The summed E-state index contributed by atoms with van der Waals surface area (Å²) in [7, 11) is 0. The molecular weight excluding hydrogens is 898 g/mol. The first-order valence-electron chi connectivity index (χ1n) is 21.3. The van der Waals surface area contributed by atoms with Crippen LogP contribution in [0, 0.1) is 0 Å². The minimum absolute atomic E-state index is 0.518. The van der Waals surface area contributed by atoms with E-state index in [1.807, 2.05) is 0 Å². The molecule has 66 heavy (non-hydrogen) atoms. The van der Waals surface area contributed by atoms with Crippen LogP contribution >= 0.6 is 0 Å². The highest BCUT2D eigenvalue weighted by molar-refractivity contribution is 5.74. The van der Waals surface area contributed by atoms with E-state index < -0.39 is 204 Å². The molecular formula is C38H67N3O25. The number of aliphatic hydroxyl groups excluding tert-OH is 13. The molecule has 0 saturated carbocycles. The van der Waals surface area contributed by atoms with E-state index in [4.69, 9.17) is 42.6 Å². The molecule has 4 saturated heterocycles. The summed E-state index contributed by atoms with van der Waals surface area (Å²) in [6, 6.07) is -4.11. The van der Waals surface area contributed by atoms with Crippen molar-refractivity contribution >= 4 is 17.7 Å². The first-order valence-corrected chi connectivity index (χ1v) is 21.3. The summed E-state index contributed by atoms with van der Waals surface area (Å²) in [4.78, 5) is 36.2. The average Bonchev–Trinajstić information content (AvgIpc) is 3.26. The Labute approximate surface area is 378 Å². The number of aliphatic hydroxyl groups is 13. The number of rotatable bonds is 21. The van der Waals surface area contributed by atoms with Gasteiger partial charge in [-0.1, -0.05) is 0 Å². The highest BCUT2D eigenvalue weighted by atomic mass is 16.8. The van der Waals surface area contributed by atoms with Crippen LogP contribution in [0.25, 0.3) is 0 Å². The van der Waals surface area contributed by atoms with Crippen molar-refractivity contribution in [2.75, 3.05) is 39.6 Å². The predicted molar refractivity (Wildman–Crippen MR) is 212 cm³/mol. The fourth-order valence-corrected chi connectivity index (χ4v) is 8.01. The zero-order valence-electron chi connectivity index (χ0n) is 36.8. The molecule has 0 aliphatic carbocycles. The topological polar surface area (TPSA) is 433 Å². The van der Waals surface area contributed by atoms with Gasteiger partial charge in [0.1, 0.15) is 110 Å². The highest BCUT2D eigenvalue weighted by Crippen LogP contribution is 2.33. The zero-order chi connectivity index (χ0) is 49.3. The number of amides is 3. The molecule has 0 radical (unpaired) electrons. The monoisotopic (exact) mass is 965 g/mol. The molecule has 24 atom stereocenters. The molecule has 3 amide bonds. The van der Waals surface area contributed by atoms with Crippen LogP contribution < -0.4 is 16.0 Å². The van der Waals surface area contributed by atoms with Crippen molar-refractivity contribution in [1.82, 2.24) is 16.0 Å². The van der Waals surface area contributed by atoms with Gasteiger partial charge in [-0.15, -0.1) is 0 Å². The molecule has 0 aromatic rings. The lowest BCUT2D eigenvalue weighted by Crippen LogP contribution is -2.69. The maximum Gasteiger partial charge on any atom is 0.217 e. The maximum atomic E-state index is 12.4. The molecule has 4 aliphatic rings. The lowest BCUT2D eigenvalue weighted by Gasteiger charge is -2.49. The predicted octanol–water partition coefficient (Wildman–Crippen LogP) is -9.79. The van der Waals surface area contributed by atoms with Crippen LogP contribution in [0.1, 0.15) is 34.6 Å². The Morgan fingerprint density at radius 2 is 1.00 bits per heavy atom. The molecule has 0 bridgehead atoms. The van der Waals surface area contributed by atoms with Crippen LogP contribution in [0.5, 0.6) is 0 Å². The van der Waals surface area contributed by atoms with Crippen molar-refractivity contribution in [3.05, 3.63) is 0 Å². The van der Waals surface area contributed by atoms with Crippen LogP contribution in [-0.2, 0) is 57.0 Å². The first kappa shape index (κ1) is 56.1. The van der Waals surface area contributed by atoms with E-state index in [1.165, 1.54) is 13.8 Å². The largest absolute Gasteiger partial charge is 0.394 e. The summed E-state index contributed by atoms with van der Waals surface area (Å²) in [6.45, 7) is 0.916. The van der Waals surface area contributed by atoms with Gasteiger partial charge in [0.2, 0.25) is 17.7 Å². The lowest BCUT2D eigenvalue weighted by atomic mass is 9.92. The second-order valence-corrected chi connectivity index (χ2v) is 16.5. The Balaban J connectivity index is 1.51. The summed E-state index contributed by atoms with van der Waals surface area (Å²) in [5.74, 6) is -1.95. The molecule has 16 N–H and O–H groups in total. The minimum Gasteiger partial charge on any atom is -0.394 e. The number of ether oxygens (including phenoxy) is 9. The second kappa shape index (κ2) is 25.4. The molecule has 4 heterocycles. The minimum atomic E-state index is -1.95. The molecule has 0 aromatic heterocycles. The van der Waals surface area contributed by atoms with Gasteiger partial charge in [0.25, 0.3) is 0 Å². The summed E-state index contributed by atoms with van der Waals surface area (Å²) in [5, 5.41) is 145. The van der Waals surface area contributed by atoms with Gasteiger partial charge in [0.15, 0.2) is 25.2 Å². The lowest BCUT2D eigenvalue weighted by molar-refractivity contribution is -0.359. The van der Waals surface area contributed by atoms with Gasteiger partial charge in [-0.3, -0.25) is 14.4 Å². The normalized spacial score (nSPS) is 41.5. The van der Waals surface area contributed by atoms with Crippen molar-refractivity contribution in [2.45, 2.75) is 182 Å². The fourth-order valence-electron chi connectivity index (χ4n) is 8.01. The van der Waals surface area contributed by atoms with Gasteiger partial charge in [-0.05, 0) is 13.8 Å². The van der Waals surface area contributed by atoms with E-state index in [9.17, 15) is 80.8 Å². The van der Waals surface area contributed by atoms with Gasteiger partial charge in [0, 0.05) is 20.8 Å². The third kappa shape index (κ3) is 13.6. The Morgan fingerprint density at radius 3 is 1.50 bits per heavy atom. The van der Waals surface area contributed by atoms with Crippen molar-refractivity contribution < 1.29 is 123 Å². The van der Waals surface area contributed by atoms with Crippen LogP contribution in [-0.4, -0.2) is 271 Å². The summed E-state index contributed by atoms with van der Waals surface area (Å²) >= 11 is 0. The van der Waals surface area contributed by atoms with Crippen LogP contribution in [0.15, 0.2) is 0 Å². The van der Waals surface area contributed by atoms with E-state index in [-0.39, 0.29) is 0 Å². The summed E-state index contributed by atoms with van der Waals surface area (Å²) < 4.78 is 52.0. The second-order valence-electron chi connectivity index (χ2n) is 16.5. The van der Waals surface area contributed by atoms with Gasteiger partial charge in [0.05, 0.1) is 51.8 Å². The van der Waals surface area contributed by atoms with E-state index in [0.717, 1.165) is 20.8 Å². The Hall–Kier alpha value is -2.47. The Bertz CT molecular complexity index is 1520. The number of hydrogen-bond acceptors (Lipinski definition) is 25. The summed E-state index contributed by atoms with van der Waals surface area (Å²) in [6.07, 6.45) is -34.5. The number of hydrogen-bond donors (Lipinski definition) is 16. The average molecular weight is 966 g/mol. The molecule has 4 fully saturated rings. The molecule has 28 heteroatoms. The van der Waals surface area contributed by atoms with E-state index in [2.05, 4.69) is 16.0 Å². The summed E-state index contributed by atoms with van der Waals surface area (Å²) in [5.41, 5.74) is 0. The fraction of sp³-hybridized carbons (Fsp3) is 0.921. The molecule has 0 aromatic carbocycles. The van der Waals surface area contributed by atoms with Crippen LogP contribution in [0.2, 0.25) is 0 Å². The third-order valence-electron chi connectivity index (χ3n) is 11.4. The SMILES string of the molecule is CC(=O)N[C@H]1C(O)[C@H](O)C(CO)O[C@H]1OC1C(O)[C@H](O)[C@@H](CO)O[C@@H]1OC[C@H](O)C(CO)O[C@@H](O[C@@H]1C(CO)O[C@@H](O[C@@H]2C(CO)O[C@@H](C)[C@@H](NC(C)=O)C2O)[C@@H](NC(C)=O)C1O)[C@@H](C)O. The first-order chi connectivity index (χ1) is 31.1. The van der Waals surface area contributed by atoms with Crippen molar-refractivity contribution in [3.63, 3.8) is 0 Å². The number of carbonyl (C=O) groups is 3. The smallest absolute Gasteiger partial charge is 0.217 e. The van der Waals surface area contributed by atoms with Gasteiger partial charge in [-0.25, -0.2) is 0 Å². The third-order valence-corrected chi connectivity index (χ3v) is 11.4. The molecule has 384 valence electrons. The quantitative estimate of drug-likeness (QED) is 0.0475. The van der Waals surface area contributed by atoms with Gasteiger partial charge in [-0.2, -0.15) is 0 Å². The van der Waals surface area contributed by atoms with Crippen molar-refractivity contribution in [1.29, 1.82) is 0 Å². The van der Waals surface area contributed by atoms with Gasteiger partial charge < -0.3 is 125 Å². The molecule has 9 unspecified atom stereocenters. The van der Waals surface area contributed by atoms with Crippen molar-refractivity contribution in [2.24, 2.45) is 0 Å². The zero-order valence-corrected chi connectivity index (χ0v) is 36.8. The van der Waals surface area contributed by atoms with Gasteiger partial charge >= 0.3 is 0 Å². The maximum absolute atomic E-state index is 12.4. The highest BCUT2D eigenvalue weighted by Gasteiger charge is 2.54. The standard InChI is InChI=1S/C38H67N3O25/c1-12(47)35(64-33-22(10-46)63-37(25(30(33)56)41-16(5)50)65-32-21(9-45)59-13(2)23(29(32)55)39-14(3)48)60-18(6-42)17(51)11-58-38-34(31(57)27(53)20(8-44)62-38)66-36-24(40-15(4)49)28(54)26(52)19(7-43)61-36/h12-13,17-38,42-47,51-57H,6-11H2,1-5H3,(H,39,48)(H,40,49)(H,41,50)/t12-,13+,17+,18?,19?,20-,21?,22?,23-,24+,25+,26-,27-,28?,29?,30?,31?,32-,33-,34?,35+,36+,37+,38+/m1/s1. The molecule has 4 rings (SSSR count). The molecule has 28 nitrogen and oxygen atoms in total. The van der Waals surface area contributed by atoms with Crippen molar-refractivity contribution in [3.8, 4) is 0 Å². The van der Waals surface area contributed by atoms with E-state index >= 15 is 0 Å². The number of carbonyl (C=O) groups excluding carboxylic acids is 3. The molecule has 4 aliphatic heterocycles. The Morgan fingerprint density at radius 1 is 0.561 bits per heavy atom. The van der Waals surface area contributed by atoms with E-state index in [1.54, 1.807) is 0 Å². The van der Waals surface area contributed by atoms with E-state index in [0.29, 0.717) is 0 Å². The molecule has 0 spiro atoms. The Kier molecular flexibility index (Phi) is 21.6.